The number of nitro groups is 1. The number of carbonyl (C=O) groups is 1. The van der Waals surface area contributed by atoms with Gasteiger partial charge in [-0.3, -0.25) is 20.2 Å². The normalized spacial score (nSPS) is 10.8. The molecule has 0 unspecified atom stereocenters. The number of anilines is 1. The fourth-order valence-corrected chi connectivity index (χ4v) is 3.15. The molecular weight excluding hydrogens is 392 g/mol. The van der Waals surface area contributed by atoms with E-state index >= 15 is 0 Å². The number of hydrogen-bond donors (Lipinski definition) is 1. The largest absolute Gasteiger partial charge is 0.494 e. The molecule has 0 aliphatic carbocycles. The Morgan fingerprint density at radius 2 is 1.90 bits per heavy atom. The van der Waals surface area contributed by atoms with Gasteiger partial charge in [0.15, 0.2) is 0 Å². The number of aromatic nitrogens is 2. The number of rotatable bonds is 9. The number of para-hydroxylation sites is 1. The molecule has 1 N–H and O–H groups in total. The lowest BCUT2D eigenvalue weighted by atomic mass is 10.2. The lowest BCUT2D eigenvalue weighted by Gasteiger charge is -2.04. The summed E-state index contributed by atoms with van der Waals surface area (Å²) in [5.41, 5.74) is 0.685. The van der Waals surface area contributed by atoms with E-state index in [9.17, 15) is 14.9 Å². The lowest BCUT2D eigenvalue weighted by molar-refractivity contribution is -0.384. The van der Waals surface area contributed by atoms with Crippen LogP contribution >= 0.6 is 11.3 Å². The van der Waals surface area contributed by atoms with E-state index in [1.807, 2.05) is 30.3 Å². The lowest BCUT2D eigenvalue weighted by Crippen LogP contribution is -2.07. The maximum Gasteiger partial charge on any atom is 0.269 e. The van der Waals surface area contributed by atoms with Crippen LogP contribution in [0.2, 0.25) is 0 Å². The van der Waals surface area contributed by atoms with Gasteiger partial charge in [0.05, 0.1) is 11.5 Å². The van der Waals surface area contributed by atoms with Crippen molar-refractivity contribution in [2.75, 3.05) is 11.9 Å². The number of carbonyl (C=O) groups excluding carboxylic acids is 1. The number of non-ortho nitro benzene ring substituents is 1. The van der Waals surface area contributed by atoms with Crippen LogP contribution in [0, 0.1) is 10.1 Å². The minimum Gasteiger partial charge on any atom is -0.494 e. The number of nitrogens with zero attached hydrogens (tertiary/aromatic N) is 3. The first-order valence-corrected chi connectivity index (χ1v) is 9.65. The second-order valence-electron chi connectivity index (χ2n) is 5.94. The molecule has 2 aromatic carbocycles. The Hall–Kier alpha value is -3.59. The van der Waals surface area contributed by atoms with E-state index in [2.05, 4.69) is 15.5 Å². The zero-order chi connectivity index (χ0) is 20.5. The van der Waals surface area contributed by atoms with Crippen LogP contribution in [-0.4, -0.2) is 27.6 Å². The Kier molecular flexibility index (Phi) is 7.01. The van der Waals surface area contributed by atoms with E-state index < -0.39 is 4.92 Å². The van der Waals surface area contributed by atoms with Gasteiger partial charge >= 0.3 is 0 Å². The van der Waals surface area contributed by atoms with Gasteiger partial charge in [-0.2, -0.15) is 0 Å². The molecule has 0 fully saturated rings. The minimum absolute atomic E-state index is 0.00200. The molecule has 0 saturated heterocycles. The number of nitro benzene ring substituents is 1. The third kappa shape index (κ3) is 6.51. The summed E-state index contributed by atoms with van der Waals surface area (Å²) < 4.78 is 5.63. The third-order valence-corrected chi connectivity index (χ3v) is 4.67. The molecule has 0 aliphatic heterocycles. The van der Waals surface area contributed by atoms with Crippen molar-refractivity contribution in [1.82, 2.24) is 10.2 Å². The predicted molar refractivity (Wildman–Crippen MR) is 111 cm³/mol. The van der Waals surface area contributed by atoms with Crippen molar-refractivity contribution >= 4 is 34.1 Å². The van der Waals surface area contributed by atoms with Gasteiger partial charge in [0.1, 0.15) is 10.8 Å². The van der Waals surface area contributed by atoms with Crippen molar-refractivity contribution in [3.05, 3.63) is 81.4 Å². The second-order valence-corrected chi connectivity index (χ2v) is 7.00. The Bertz CT molecular complexity index is 987. The Balaban J connectivity index is 1.42. The highest BCUT2D eigenvalue weighted by molar-refractivity contribution is 7.15. The number of amides is 1. The molecule has 8 nitrogen and oxygen atoms in total. The maximum absolute atomic E-state index is 12.0. The van der Waals surface area contributed by atoms with Gasteiger partial charge in [0, 0.05) is 24.6 Å². The minimum atomic E-state index is -0.471. The molecular formula is C20H18N4O4S. The van der Waals surface area contributed by atoms with Crippen molar-refractivity contribution in [2.45, 2.75) is 12.8 Å². The van der Waals surface area contributed by atoms with E-state index in [0.29, 0.717) is 23.7 Å². The highest BCUT2D eigenvalue weighted by Crippen LogP contribution is 2.18. The highest BCUT2D eigenvalue weighted by Gasteiger charge is 2.07. The highest BCUT2D eigenvalue weighted by atomic mass is 32.1. The predicted octanol–water partition coefficient (Wildman–Crippen LogP) is 4.11. The van der Waals surface area contributed by atoms with Crippen molar-refractivity contribution in [2.24, 2.45) is 0 Å². The number of ether oxygens (including phenoxy) is 1. The molecule has 0 saturated carbocycles. The fraction of sp³-hybridized carbons (Fsp3) is 0.150. The quantitative estimate of drug-likeness (QED) is 0.246. The average Bonchev–Trinajstić information content (AvgIpc) is 3.18. The summed E-state index contributed by atoms with van der Waals surface area (Å²) in [5.74, 6) is 0.482. The molecule has 29 heavy (non-hydrogen) atoms. The number of hydrogen-bond acceptors (Lipinski definition) is 7. The van der Waals surface area contributed by atoms with Crippen molar-refractivity contribution in [3.63, 3.8) is 0 Å². The van der Waals surface area contributed by atoms with Gasteiger partial charge in [0.2, 0.25) is 11.0 Å². The summed E-state index contributed by atoms with van der Waals surface area (Å²) in [7, 11) is 0. The van der Waals surface area contributed by atoms with Crippen LogP contribution in [0.3, 0.4) is 0 Å². The first-order chi connectivity index (χ1) is 14.1. The van der Waals surface area contributed by atoms with Crippen LogP contribution in [0.25, 0.3) is 6.08 Å². The Morgan fingerprint density at radius 3 is 2.62 bits per heavy atom. The topological polar surface area (TPSA) is 107 Å². The Morgan fingerprint density at radius 1 is 1.14 bits per heavy atom. The summed E-state index contributed by atoms with van der Waals surface area (Å²) in [5, 5.41) is 22.6. The number of nitrogens with one attached hydrogen (secondary N) is 1. The molecule has 3 aromatic rings. The van der Waals surface area contributed by atoms with Crippen LogP contribution in [0.1, 0.15) is 17.0 Å². The Labute approximate surface area is 171 Å². The standard InChI is InChI=1S/C20H18N4O4S/c25-18(13-10-15-8-11-16(12-9-15)24(26)27)21-20-23-22-19(29-20)7-4-14-28-17-5-2-1-3-6-17/h1-3,5-6,8-13H,4,7,14H2,(H,21,23,25)/b13-10+. The first-order valence-electron chi connectivity index (χ1n) is 8.84. The summed E-state index contributed by atoms with van der Waals surface area (Å²) >= 11 is 1.32. The van der Waals surface area contributed by atoms with Gasteiger partial charge in [-0.25, -0.2) is 0 Å². The number of aryl methyl sites for hydroxylation is 1. The van der Waals surface area contributed by atoms with Crippen LogP contribution < -0.4 is 10.1 Å². The summed E-state index contributed by atoms with van der Waals surface area (Å²) in [6, 6.07) is 15.5. The zero-order valence-electron chi connectivity index (χ0n) is 15.4. The van der Waals surface area contributed by atoms with E-state index in [0.717, 1.165) is 17.2 Å². The molecule has 148 valence electrons. The van der Waals surface area contributed by atoms with E-state index in [-0.39, 0.29) is 11.6 Å². The first kappa shape index (κ1) is 20.2. The van der Waals surface area contributed by atoms with Crippen LogP contribution in [-0.2, 0) is 11.2 Å². The van der Waals surface area contributed by atoms with Crippen LogP contribution in [0.15, 0.2) is 60.7 Å². The van der Waals surface area contributed by atoms with Gasteiger partial charge in [-0.15, -0.1) is 10.2 Å². The molecule has 1 aromatic heterocycles. The molecule has 3 rings (SSSR count). The molecule has 0 spiro atoms. The van der Waals surface area contributed by atoms with Crippen LogP contribution in [0.4, 0.5) is 10.8 Å². The molecule has 0 atom stereocenters. The summed E-state index contributed by atoms with van der Waals surface area (Å²) in [6.07, 6.45) is 4.41. The summed E-state index contributed by atoms with van der Waals surface area (Å²) in [4.78, 5) is 22.2. The third-order valence-electron chi connectivity index (χ3n) is 3.77. The number of benzene rings is 2. The van der Waals surface area contributed by atoms with Crippen molar-refractivity contribution in [1.29, 1.82) is 0 Å². The molecule has 1 amide bonds. The van der Waals surface area contributed by atoms with Gasteiger partial charge in [0.25, 0.3) is 5.69 Å². The zero-order valence-corrected chi connectivity index (χ0v) is 16.2. The fourth-order valence-electron chi connectivity index (χ4n) is 2.36. The smallest absolute Gasteiger partial charge is 0.269 e. The SMILES string of the molecule is O=C(/C=C/c1ccc([N+](=O)[O-])cc1)Nc1nnc(CCCOc2ccccc2)s1. The van der Waals surface area contributed by atoms with E-state index in [1.165, 1.54) is 29.5 Å². The van der Waals surface area contributed by atoms with Crippen molar-refractivity contribution < 1.29 is 14.5 Å². The van der Waals surface area contributed by atoms with Crippen molar-refractivity contribution in [3.8, 4) is 5.75 Å². The molecule has 0 bridgehead atoms. The van der Waals surface area contributed by atoms with E-state index in [1.54, 1.807) is 18.2 Å². The van der Waals surface area contributed by atoms with Crippen LogP contribution in [0.5, 0.6) is 5.75 Å². The van der Waals surface area contributed by atoms with Gasteiger partial charge in [-0.1, -0.05) is 29.5 Å². The van der Waals surface area contributed by atoms with E-state index in [4.69, 9.17) is 4.74 Å². The molecule has 0 radical (unpaired) electrons. The molecule has 1 heterocycles. The monoisotopic (exact) mass is 410 g/mol. The molecule has 0 aliphatic rings. The van der Waals surface area contributed by atoms with Gasteiger partial charge < -0.3 is 4.74 Å². The maximum atomic E-state index is 12.0. The second kappa shape index (κ2) is 10.1. The molecule has 9 heteroatoms. The van der Waals surface area contributed by atoms with Gasteiger partial charge in [-0.05, 0) is 42.3 Å². The average molecular weight is 410 g/mol. The summed E-state index contributed by atoms with van der Waals surface area (Å²) in [6.45, 7) is 0.573.